The molecular weight excluding hydrogens is 316 g/mol. The summed E-state index contributed by atoms with van der Waals surface area (Å²) in [5, 5.41) is 3.75. The van der Waals surface area contributed by atoms with Crippen molar-refractivity contribution in [2.75, 3.05) is 26.2 Å². The highest BCUT2D eigenvalue weighted by molar-refractivity contribution is 7.89. The average molecular weight is 336 g/mol. The van der Waals surface area contributed by atoms with E-state index in [1.54, 1.807) is 20.0 Å². The van der Waals surface area contributed by atoms with Gasteiger partial charge in [-0.25, -0.2) is 8.42 Å². The fraction of sp³-hybridized carbons (Fsp3) is 0.467. The van der Waals surface area contributed by atoms with E-state index in [1.165, 1.54) is 4.31 Å². The van der Waals surface area contributed by atoms with Crippen LogP contribution in [0.15, 0.2) is 33.8 Å². The molecule has 8 heteroatoms. The van der Waals surface area contributed by atoms with Gasteiger partial charge in [-0.15, -0.1) is 0 Å². The van der Waals surface area contributed by atoms with Crippen LogP contribution in [0.1, 0.15) is 17.1 Å². The zero-order valence-electron chi connectivity index (χ0n) is 13.3. The Morgan fingerprint density at radius 2 is 1.91 bits per heavy atom. The van der Waals surface area contributed by atoms with Crippen LogP contribution in [0.4, 0.5) is 0 Å². The molecule has 0 atom stereocenters. The molecule has 1 aliphatic heterocycles. The molecule has 0 unspecified atom stereocenters. The molecule has 0 spiro atoms. The van der Waals surface area contributed by atoms with Gasteiger partial charge in [0.15, 0.2) is 5.76 Å². The minimum absolute atomic E-state index is 0.204. The van der Waals surface area contributed by atoms with E-state index in [-0.39, 0.29) is 4.90 Å². The smallest absolute Gasteiger partial charge is 0.248 e. The molecule has 3 heterocycles. The topological polar surface area (TPSA) is 79.5 Å². The molecule has 0 saturated carbocycles. The summed E-state index contributed by atoms with van der Waals surface area (Å²) in [4.78, 5) is 6.72. The van der Waals surface area contributed by atoms with E-state index in [2.05, 4.69) is 15.0 Å². The van der Waals surface area contributed by atoms with Crippen molar-refractivity contribution in [3.63, 3.8) is 0 Å². The number of piperazine rings is 1. The summed E-state index contributed by atoms with van der Waals surface area (Å²) in [6, 6.07) is 5.82. The van der Waals surface area contributed by atoms with Crippen molar-refractivity contribution in [3.8, 4) is 0 Å². The molecule has 0 bridgehead atoms. The Hall–Kier alpha value is -1.77. The Kier molecular flexibility index (Phi) is 4.47. The second-order valence-electron chi connectivity index (χ2n) is 5.65. The maximum Gasteiger partial charge on any atom is 0.248 e. The molecule has 2 aromatic rings. The maximum absolute atomic E-state index is 12.8. The maximum atomic E-state index is 12.8. The molecule has 0 radical (unpaired) electrons. The molecule has 0 N–H and O–H groups in total. The van der Waals surface area contributed by atoms with Crippen LogP contribution < -0.4 is 0 Å². The average Bonchev–Trinajstić information content (AvgIpc) is 2.88. The quantitative estimate of drug-likeness (QED) is 0.834. The van der Waals surface area contributed by atoms with E-state index in [1.807, 2.05) is 18.2 Å². The van der Waals surface area contributed by atoms with E-state index >= 15 is 0 Å². The zero-order valence-corrected chi connectivity index (χ0v) is 14.1. The summed E-state index contributed by atoms with van der Waals surface area (Å²) >= 11 is 0. The Bertz CT molecular complexity index is 746. The van der Waals surface area contributed by atoms with Crippen LogP contribution in [0.2, 0.25) is 0 Å². The highest BCUT2D eigenvalue weighted by Crippen LogP contribution is 2.24. The first-order chi connectivity index (χ1) is 11.0. The number of aromatic nitrogens is 2. The first kappa shape index (κ1) is 16.1. The summed E-state index contributed by atoms with van der Waals surface area (Å²) in [6.45, 7) is 6.29. The van der Waals surface area contributed by atoms with Gasteiger partial charge in [0.25, 0.3) is 0 Å². The van der Waals surface area contributed by atoms with Crippen LogP contribution in [0.5, 0.6) is 0 Å². The third-order valence-corrected chi connectivity index (χ3v) is 6.15. The normalized spacial score (nSPS) is 17.5. The van der Waals surface area contributed by atoms with Crippen molar-refractivity contribution >= 4 is 10.0 Å². The van der Waals surface area contributed by atoms with Crippen LogP contribution in [-0.2, 0) is 16.6 Å². The second kappa shape index (κ2) is 6.38. The third-order valence-electron chi connectivity index (χ3n) is 4.01. The van der Waals surface area contributed by atoms with Crippen molar-refractivity contribution in [1.29, 1.82) is 0 Å². The van der Waals surface area contributed by atoms with Crippen LogP contribution in [0.25, 0.3) is 0 Å². The van der Waals surface area contributed by atoms with Gasteiger partial charge in [-0.2, -0.15) is 4.31 Å². The van der Waals surface area contributed by atoms with E-state index in [0.29, 0.717) is 37.6 Å². The summed E-state index contributed by atoms with van der Waals surface area (Å²) < 4.78 is 32.0. The molecule has 7 nitrogen and oxygen atoms in total. The third kappa shape index (κ3) is 3.29. The van der Waals surface area contributed by atoms with Crippen molar-refractivity contribution < 1.29 is 12.9 Å². The molecule has 0 aromatic carbocycles. The van der Waals surface area contributed by atoms with Crippen LogP contribution in [0.3, 0.4) is 0 Å². The molecule has 124 valence electrons. The van der Waals surface area contributed by atoms with Crippen molar-refractivity contribution in [2.45, 2.75) is 25.3 Å². The molecule has 23 heavy (non-hydrogen) atoms. The molecule has 1 saturated heterocycles. The Labute approximate surface area is 136 Å². The lowest BCUT2D eigenvalue weighted by Gasteiger charge is -2.33. The van der Waals surface area contributed by atoms with E-state index in [4.69, 9.17) is 4.52 Å². The fourth-order valence-electron chi connectivity index (χ4n) is 2.82. The predicted molar refractivity (Wildman–Crippen MR) is 84.2 cm³/mol. The molecule has 1 aliphatic rings. The summed E-state index contributed by atoms with van der Waals surface area (Å²) in [5.74, 6) is 0.346. The highest BCUT2D eigenvalue weighted by atomic mass is 32.2. The molecule has 0 aliphatic carbocycles. The number of pyridine rings is 1. The molecule has 2 aromatic heterocycles. The lowest BCUT2D eigenvalue weighted by molar-refractivity contribution is 0.180. The van der Waals surface area contributed by atoms with Gasteiger partial charge in [0, 0.05) is 38.9 Å². The largest absolute Gasteiger partial charge is 0.360 e. The van der Waals surface area contributed by atoms with Crippen molar-refractivity contribution in [3.05, 3.63) is 41.5 Å². The van der Waals surface area contributed by atoms with E-state index in [0.717, 1.165) is 12.2 Å². The standard InChI is InChI=1S/C15H20N4O3S/c1-12-15(13(2)22-17-12)23(20,21)19-9-7-18(8-10-19)11-14-5-3-4-6-16-14/h3-6H,7-11H2,1-2H3. The first-order valence-electron chi connectivity index (χ1n) is 7.54. The summed E-state index contributed by atoms with van der Waals surface area (Å²) in [7, 11) is -3.54. The van der Waals surface area contributed by atoms with Crippen LogP contribution in [0, 0.1) is 13.8 Å². The number of nitrogens with zero attached hydrogens (tertiary/aromatic N) is 4. The fourth-order valence-corrected chi connectivity index (χ4v) is 4.53. The van der Waals surface area contributed by atoms with Gasteiger partial charge in [-0.3, -0.25) is 9.88 Å². The van der Waals surface area contributed by atoms with Gasteiger partial charge in [0.05, 0.1) is 5.69 Å². The van der Waals surface area contributed by atoms with Crippen molar-refractivity contribution in [1.82, 2.24) is 19.3 Å². The van der Waals surface area contributed by atoms with Gasteiger partial charge in [0.2, 0.25) is 10.0 Å². The van der Waals surface area contributed by atoms with Gasteiger partial charge in [-0.05, 0) is 26.0 Å². The number of hydrogen-bond donors (Lipinski definition) is 0. The minimum atomic E-state index is -3.54. The number of sulfonamides is 1. The number of rotatable bonds is 4. The summed E-state index contributed by atoms with van der Waals surface area (Å²) in [6.07, 6.45) is 1.77. The molecule has 3 rings (SSSR count). The first-order valence-corrected chi connectivity index (χ1v) is 8.98. The van der Waals surface area contributed by atoms with E-state index < -0.39 is 10.0 Å². The van der Waals surface area contributed by atoms with Crippen LogP contribution >= 0.6 is 0 Å². The minimum Gasteiger partial charge on any atom is -0.360 e. The lowest BCUT2D eigenvalue weighted by atomic mass is 10.3. The lowest BCUT2D eigenvalue weighted by Crippen LogP contribution is -2.48. The monoisotopic (exact) mass is 336 g/mol. The Morgan fingerprint density at radius 3 is 2.48 bits per heavy atom. The Balaban J connectivity index is 1.67. The van der Waals surface area contributed by atoms with Gasteiger partial charge in [-0.1, -0.05) is 11.2 Å². The predicted octanol–water partition coefficient (Wildman–Crippen LogP) is 1.19. The number of aryl methyl sites for hydroxylation is 2. The van der Waals surface area contributed by atoms with Crippen molar-refractivity contribution in [2.24, 2.45) is 0 Å². The SMILES string of the molecule is Cc1noc(C)c1S(=O)(=O)N1CCN(Cc2ccccn2)CC1. The number of hydrogen-bond acceptors (Lipinski definition) is 6. The molecular formula is C15H20N4O3S. The molecule has 1 fully saturated rings. The van der Waals surface area contributed by atoms with Gasteiger partial charge < -0.3 is 4.52 Å². The summed E-state index contributed by atoms with van der Waals surface area (Å²) in [5.41, 5.74) is 1.41. The zero-order chi connectivity index (χ0) is 16.4. The highest BCUT2D eigenvalue weighted by Gasteiger charge is 2.33. The second-order valence-corrected chi connectivity index (χ2v) is 7.53. The van der Waals surface area contributed by atoms with Crippen LogP contribution in [-0.4, -0.2) is 53.9 Å². The Morgan fingerprint density at radius 1 is 1.17 bits per heavy atom. The van der Waals surface area contributed by atoms with Gasteiger partial charge in [0.1, 0.15) is 10.6 Å². The molecule has 0 amide bonds. The van der Waals surface area contributed by atoms with Gasteiger partial charge >= 0.3 is 0 Å². The van der Waals surface area contributed by atoms with E-state index in [9.17, 15) is 8.42 Å².